The third kappa shape index (κ3) is 3.97. The van der Waals surface area contributed by atoms with Crippen LogP contribution in [0.25, 0.3) is 0 Å². The molecule has 0 aliphatic rings. The SMILES string of the molecule is CCN(CC)CCC(CN)(c1ccccc1)c1cccc(OC)c1. The van der Waals surface area contributed by atoms with Crippen molar-refractivity contribution >= 4 is 0 Å². The first-order chi connectivity index (χ1) is 11.7. The van der Waals surface area contributed by atoms with Gasteiger partial charge in [0, 0.05) is 12.0 Å². The van der Waals surface area contributed by atoms with Gasteiger partial charge in [-0.2, -0.15) is 0 Å². The Labute approximate surface area is 146 Å². The number of methoxy groups -OCH3 is 1. The van der Waals surface area contributed by atoms with Gasteiger partial charge < -0.3 is 15.4 Å². The van der Waals surface area contributed by atoms with Crippen molar-refractivity contribution in [2.75, 3.05) is 33.3 Å². The molecule has 0 bridgehead atoms. The summed E-state index contributed by atoms with van der Waals surface area (Å²) >= 11 is 0. The molecule has 2 N–H and O–H groups in total. The first-order valence-corrected chi connectivity index (χ1v) is 8.82. The highest BCUT2D eigenvalue weighted by molar-refractivity contribution is 5.43. The van der Waals surface area contributed by atoms with Crippen LogP contribution < -0.4 is 10.5 Å². The first kappa shape index (κ1) is 18.5. The third-order valence-corrected chi connectivity index (χ3v) is 5.05. The molecule has 0 aliphatic heterocycles. The minimum absolute atomic E-state index is 0.196. The summed E-state index contributed by atoms with van der Waals surface area (Å²) < 4.78 is 5.45. The van der Waals surface area contributed by atoms with E-state index in [2.05, 4.69) is 67.3 Å². The molecular weight excluding hydrogens is 296 g/mol. The molecule has 24 heavy (non-hydrogen) atoms. The molecule has 0 saturated heterocycles. The Morgan fingerprint density at radius 3 is 2.21 bits per heavy atom. The first-order valence-electron chi connectivity index (χ1n) is 8.82. The van der Waals surface area contributed by atoms with Crippen molar-refractivity contribution in [3.63, 3.8) is 0 Å². The molecule has 3 nitrogen and oxygen atoms in total. The van der Waals surface area contributed by atoms with E-state index in [0.29, 0.717) is 6.54 Å². The fourth-order valence-corrected chi connectivity index (χ4v) is 3.36. The van der Waals surface area contributed by atoms with Gasteiger partial charge in [-0.05, 0) is 49.3 Å². The molecule has 0 aromatic heterocycles. The normalized spacial score (nSPS) is 13.7. The molecule has 2 aromatic rings. The number of nitrogens with zero attached hydrogens (tertiary/aromatic N) is 1. The fourth-order valence-electron chi connectivity index (χ4n) is 3.36. The van der Waals surface area contributed by atoms with Crippen molar-refractivity contribution < 1.29 is 4.74 Å². The van der Waals surface area contributed by atoms with Crippen LogP contribution in [0, 0.1) is 0 Å². The second kappa shape index (κ2) is 8.86. The van der Waals surface area contributed by atoms with Gasteiger partial charge in [0.1, 0.15) is 5.75 Å². The maximum Gasteiger partial charge on any atom is 0.119 e. The van der Waals surface area contributed by atoms with Crippen LogP contribution in [-0.4, -0.2) is 38.2 Å². The maximum atomic E-state index is 6.37. The molecule has 0 spiro atoms. The molecule has 0 heterocycles. The minimum atomic E-state index is -0.196. The van der Waals surface area contributed by atoms with Gasteiger partial charge in [0.05, 0.1) is 7.11 Å². The smallest absolute Gasteiger partial charge is 0.119 e. The van der Waals surface area contributed by atoms with Gasteiger partial charge in [-0.15, -0.1) is 0 Å². The van der Waals surface area contributed by atoms with Crippen LogP contribution in [0.3, 0.4) is 0 Å². The van der Waals surface area contributed by atoms with Gasteiger partial charge in [0.15, 0.2) is 0 Å². The second-order valence-corrected chi connectivity index (χ2v) is 6.16. The maximum absolute atomic E-state index is 6.37. The van der Waals surface area contributed by atoms with Crippen LogP contribution in [0.15, 0.2) is 54.6 Å². The second-order valence-electron chi connectivity index (χ2n) is 6.16. The molecule has 0 fully saturated rings. The molecule has 0 saturated carbocycles. The van der Waals surface area contributed by atoms with Gasteiger partial charge in [-0.3, -0.25) is 0 Å². The Kier molecular flexibility index (Phi) is 6.83. The largest absolute Gasteiger partial charge is 0.497 e. The van der Waals surface area contributed by atoms with E-state index in [-0.39, 0.29) is 5.41 Å². The summed E-state index contributed by atoms with van der Waals surface area (Å²) in [4.78, 5) is 2.45. The molecule has 0 aliphatic carbocycles. The summed E-state index contributed by atoms with van der Waals surface area (Å²) in [5.74, 6) is 0.879. The molecular formula is C21H30N2O. The summed E-state index contributed by atoms with van der Waals surface area (Å²) in [6.45, 7) is 8.14. The lowest BCUT2D eigenvalue weighted by Gasteiger charge is -2.36. The van der Waals surface area contributed by atoms with Crippen LogP contribution in [0.4, 0.5) is 0 Å². The molecule has 0 radical (unpaired) electrons. The Morgan fingerprint density at radius 1 is 0.958 bits per heavy atom. The average molecular weight is 326 g/mol. The lowest BCUT2D eigenvalue weighted by Crippen LogP contribution is -2.40. The summed E-state index contributed by atoms with van der Waals surface area (Å²) in [5, 5.41) is 0. The Balaban J connectivity index is 2.46. The summed E-state index contributed by atoms with van der Waals surface area (Å²) in [6, 6.07) is 19.0. The molecule has 2 aromatic carbocycles. The number of nitrogens with two attached hydrogens (primary N) is 1. The fraction of sp³-hybridized carbons (Fsp3) is 0.429. The van der Waals surface area contributed by atoms with E-state index in [1.807, 2.05) is 6.07 Å². The van der Waals surface area contributed by atoms with Crippen molar-refractivity contribution in [1.29, 1.82) is 0 Å². The van der Waals surface area contributed by atoms with Gasteiger partial charge in [0.2, 0.25) is 0 Å². The van der Waals surface area contributed by atoms with Gasteiger partial charge >= 0.3 is 0 Å². The third-order valence-electron chi connectivity index (χ3n) is 5.05. The number of ether oxygens (including phenoxy) is 1. The molecule has 3 heteroatoms. The lowest BCUT2D eigenvalue weighted by atomic mass is 9.72. The van der Waals surface area contributed by atoms with Crippen LogP contribution >= 0.6 is 0 Å². The van der Waals surface area contributed by atoms with E-state index in [9.17, 15) is 0 Å². The van der Waals surface area contributed by atoms with Crippen molar-refractivity contribution in [2.24, 2.45) is 5.73 Å². The van der Waals surface area contributed by atoms with Crippen molar-refractivity contribution in [1.82, 2.24) is 4.90 Å². The van der Waals surface area contributed by atoms with E-state index in [1.165, 1.54) is 11.1 Å². The zero-order valence-electron chi connectivity index (χ0n) is 15.2. The predicted octanol–water partition coefficient (Wildman–Crippen LogP) is 3.67. The van der Waals surface area contributed by atoms with E-state index >= 15 is 0 Å². The van der Waals surface area contributed by atoms with E-state index in [1.54, 1.807) is 7.11 Å². The number of hydrogen-bond acceptors (Lipinski definition) is 3. The minimum Gasteiger partial charge on any atom is -0.497 e. The molecule has 1 atom stereocenters. The monoisotopic (exact) mass is 326 g/mol. The van der Waals surface area contributed by atoms with E-state index in [4.69, 9.17) is 10.5 Å². The highest BCUT2D eigenvalue weighted by Crippen LogP contribution is 2.36. The summed E-state index contributed by atoms with van der Waals surface area (Å²) in [6.07, 6.45) is 0.988. The van der Waals surface area contributed by atoms with Crippen molar-refractivity contribution in [2.45, 2.75) is 25.7 Å². The van der Waals surface area contributed by atoms with Gasteiger partial charge in [0.25, 0.3) is 0 Å². The van der Waals surface area contributed by atoms with Crippen LogP contribution in [-0.2, 0) is 5.41 Å². The zero-order chi connectivity index (χ0) is 17.4. The molecule has 0 amide bonds. The predicted molar refractivity (Wildman–Crippen MR) is 102 cm³/mol. The van der Waals surface area contributed by atoms with Gasteiger partial charge in [-0.25, -0.2) is 0 Å². The number of rotatable bonds is 9. The Morgan fingerprint density at radius 2 is 1.62 bits per heavy atom. The number of benzene rings is 2. The number of hydrogen-bond donors (Lipinski definition) is 1. The Hall–Kier alpha value is -1.84. The van der Waals surface area contributed by atoms with Crippen LogP contribution in [0.1, 0.15) is 31.4 Å². The van der Waals surface area contributed by atoms with Crippen molar-refractivity contribution in [3.05, 3.63) is 65.7 Å². The van der Waals surface area contributed by atoms with Crippen LogP contribution in [0.5, 0.6) is 5.75 Å². The zero-order valence-corrected chi connectivity index (χ0v) is 15.2. The van der Waals surface area contributed by atoms with Crippen molar-refractivity contribution in [3.8, 4) is 5.75 Å². The molecule has 2 rings (SSSR count). The standard InChI is InChI=1S/C21H30N2O/c1-4-23(5-2)15-14-21(17-22,18-10-7-6-8-11-18)19-12-9-13-20(16-19)24-3/h6-13,16H,4-5,14-15,17,22H2,1-3H3. The quantitative estimate of drug-likeness (QED) is 0.764. The summed E-state index contributed by atoms with van der Waals surface area (Å²) in [7, 11) is 1.71. The summed E-state index contributed by atoms with van der Waals surface area (Å²) in [5.41, 5.74) is 8.67. The lowest BCUT2D eigenvalue weighted by molar-refractivity contribution is 0.272. The van der Waals surface area contributed by atoms with Gasteiger partial charge in [-0.1, -0.05) is 56.3 Å². The highest BCUT2D eigenvalue weighted by atomic mass is 16.5. The topological polar surface area (TPSA) is 38.5 Å². The van der Waals surface area contributed by atoms with Crippen LogP contribution in [0.2, 0.25) is 0 Å². The molecule has 1 unspecified atom stereocenters. The van der Waals surface area contributed by atoms with E-state index in [0.717, 1.165) is 31.8 Å². The molecule has 130 valence electrons. The Bertz CT molecular complexity index is 610. The van der Waals surface area contributed by atoms with E-state index < -0.39 is 0 Å². The average Bonchev–Trinajstić information content (AvgIpc) is 2.66. The highest BCUT2D eigenvalue weighted by Gasteiger charge is 2.33.